The standard InChI is InChI=1S/C17H22F2N2O2.ClH/c1-10-2-3-14(9-15(10)23-17(18)19)21-16(22)8-11-6-12-4-5-13(7-11)20-12;/h2-3,9,11-13,17,20H,4-8H2,1H3,(H,21,22);1H. The molecule has 24 heavy (non-hydrogen) atoms. The summed E-state index contributed by atoms with van der Waals surface area (Å²) in [6, 6.07) is 5.93. The normalized spacial score (nSPS) is 25.2. The van der Waals surface area contributed by atoms with E-state index in [2.05, 4.69) is 15.4 Å². The molecule has 0 saturated carbocycles. The zero-order valence-electron chi connectivity index (χ0n) is 13.6. The van der Waals surface area contributed by atoms with Crippen molar-refractivity contribution in [2.24, 2.45) is 5.92 Å². The lowest BCUT2D eigenvalue weighted by Crippen LogP contribution is -2.39. The van der Waals surface area contributed by atoms with Crippen molar-refractivity contribution in [2.75, 3.05) is 5.32 Å². The van der Waals surface area contributed by atoms with E-state index in [1.54, 1.807) is 19.1 Å². The lowest BCUT2D eigenvalue weighted by atomic mass is 9.89. The van der Waals surface area contributed by atoms with Gasteiger partial charge in [0.1, 0.15) is 5.75 Å². The van der Waals surface area contributed by atoms with Crippen LogP contribution in [0, 0.1) is 12.8 Å². The molecule has 2 aliphatic heterocycles. The van der Waals surface area contributed by atoms with E-state index in [0.717, 1.165) is 12.8 Å². The molecule has 2 unspecified atom stereocenters. The highest BCUT2D eigenvalue weighted by Crippen LogP contribution is 2.33. The molecule has 4 nitrogen and oxygen atoms in total. The third kappa shape index (κ3) is 4.80. The van der Waals surface area contributed by atoms with Gasteiger partial charge in [0.2, 0.25) is 5.91 Å². The predicted octanol–water partition coefficient (Wildman–Crippen LogP) is 3.88. The average molecular weight is 361 g/mol. The second kappa shape index (κ2) is 8.12. The Morgan fingerprint density at radius 1 is 1.33 bits per heavy atom. The fourth-order valence-corrected chi connectivity index (χ4v) is 3.72. The maximum absolute atomic E-state index is 12.4. The van der Waals surface area contributed by atoms with E-state index in [4.69, 9.17) is 0 Å². The Bertz CT molecular complexity index is 574. The zero-order chi connectivity index (χ0) is 16.4. The van der Waals surface area contributed by atoms with E-state index in [9.17, 15) is 13.6 Å². The summed E-state index contributed by atoms with van der Waals surface area (Å²) in [5.74, 6) is 0.428. The van der Waals surface area contributed by atoms with Crippen LogP contribution in [-0.2, 0) is 4.79 Å². The molecule has 2 fully saturated rings. The van der Waals surface area contributed by atoms with Gasteiger partial charge in [0, 0.05) is 30.3 Å². The Kier molecular flexibility index (Phi) is 6.40. The molecule has 1 aromatic rings. The summed E-state index contributed by atoms with van der Waals surface area (Å²) >= 11 is 0. The van der Waals surface area contributed by atoms with Crippen molar-refractivity contribution in [2.45, 2.75) is 57.7 Å². The summed E-state index contributed by atoms with van der Waals surface area (Å²) in [4.78, 5) is 12.2. The van der Waals surface area contributed by atoms with Gasteiger partial charge < -0.3 is 15.4 Å². The van der Waals surface area contributed by atoms with Crippen LogP contribution in [0.2, 0.25) is 0 Å². The fraction of sp³-hybridized carbons (Fsp3) is 0.588. The van der Waals surface area contributed by atoms with Crippen LogP contribution in [-0.4, -0.2) is 24.6 Å². The lowest BCUT2D eigenvalue weighted by Gasteiger charge is -2.28. The minimum atomic E-state index is -2.87. The average Bonchev–Trinajstić information content (AvgIpc) is 2.81. The molecule has 2 bridgehead atoms. The summed E-state index contributed by atoms with van der Waals surface area (Å²) in [6.07, 6.45) is 4.97. The lowest BCUT2D eigenvalue weighted by molar-refractivity contribution is -0.117. The molecule has 2 heterocycles. The van der Waals surface area contributed by atoms with Crippen molar-refractivity contribution < 1.29 is 18.3 Å². The van der Waals surface area contributed by atoms with Gasteiger partial charge in [-0.15, -0.1) is 12.4 Å². The quantitative estimate of drug-likeness (QED) is 0.837. The number of nitrogens with one attached hydrogen (secondary N) is 2. The number of hydrogen-bond donors (Lipinski definition) is 2. The molecule has 2 aliphatic rings. The maximum Gasteiger partial charge on any atom is 0.387 e. The van der Waals surface area contributed by atoms with Crippen LogP contribution < -0.4 is 15.4 Å². The topological polar surface area (TPSA) is 50.4 Å². The van der Waals surface area contributed by atoms with Crippen LogP contribution in [0.15, 0.2) is 18.2 Å². The van der Waals surface area contributed by atoms with Crippen LogP contribution in [0.5, 0.6) is 5.75 Å². The first kappa shape index (κ1) is 18.9. The number of halogens is 3. The number of anilines is 1. The minimum Gasteiger partial charge on any atom is -0.434 e. The molecule has 0 aromatic heterocycles. The monoisotopic (exact) mass is 360 g/mol. The molecule has 0 radical (unpaired) electrons. The summed E-state index contributed by atoms with van der Waals surface area (Å²) in [7, 11) is 0. The van der Waals surface area contributed by atoms with E-state index in [1.165, 1.54) is 18.9 Å². The van der Waals surface area contributed by atoms with Crippen LogP contribution in [0.25, 0.3) is 0 Å². The Hall–Kier alpha value is -1.40. The summed E-state index contributed by atoms with van der Waals surface area (Å²) in [5, 5.41) is 6.35. The second-order valence-electron chi connectivity index (χ2n) is 6.59. The van der Waals surface area contributed by atoms with Gasteiger partial charge in [-0.25, -0.2) is 0 Å². The Balaban J connectivity index is 0.00000208. The number of piperidine rings is 1. The zero-order valence-corrected chi connectivity index (χ0v) is 14.4. The second-order valence-corrected chi connectivity index (χ2v) is 6.59. The fourth-order valence-electron chi connectivity index (χ4n) is 3.72. The van der Waals surface area contributed by atoms with Gasteiger partial charge in [0.05, 0.1) is 0 Å². The molecule has 7 heteroatoms. The van der Waals surface area contributed by atoms with Gasteiger partial charge >= 0.3 is 6.61 Å². The van der Waals surface area contributed by atoms with Gasteiger partial charge in [0.15, 0.2) is 0 Å². The van der Waals surface area contributed by atoms with E-state index < -0.39 is 6.61 Å². The van der Waals surface area contributed by atoms with E-state index in [-0.39, 0.29) is 24.1 Å². The highest BCUT2D eigenvalue weighted by Gasteiger charge is 2.34. The smallest absolute Gasteiger partial charge is 0.387 e. The first-order valence-electron chi connectivity index (χ1n) is 8.11. The maximum atomic E-state index is 12.4. The van der Waals surface area contributed by atoms with Gasteiger partial charge in [0.25, 0.3) is 0 Å². The number of alkyl halides is 2. The number of fused-ring (bicyclic) bond motifs is 2. The van der Waals surface area contributed by atoms with Gasteiger partial charge in [-0.05, 0) is 50.2 Å². The van der Waals surface area contributed by atoms with Crippen molar-refractivity contribution in [1.82, 2.24) is 5.32 Å². The van der Waals surface area contributed by atoms with Crippen molar-refractivity contribution in [3.63, 3.8) is 0 Å². The molecule has 2 saturated heterocycles. The molecule has 3 rings (SSSR count). The van der Waals surface area contributed by atoms with Crippen LogP contribution in [0.4, 0.5) is 14.5 Å². The summed E-state index contributed by atoms with van der Waals surface area (Å²) in [6.45, 7) is -1.18. The van der Waals surface area contributed by atoms with Crippen LogP contribution in [0.3, 0.4) is 0 Å². The third-order valence-electron chi connectivity index (χ3n) is 4.73. The Morgan fingerprint density at radius 2 is 2.00 bits per heavy atom. The van der Waals surface area contributed by atoms with E-state index in [1.807, 2.05) is 0 Å². The SMILES string of the molecule is Cc1ccc(NC(=O)CC2CC3CCC(C2)N3)cc1OC(F)F.Cl. The summed E-state index contributed by atoms with van der Waals surface area (Å²) in [5.41, 5.74) is 1.10. The highest BCUT2D eigenvalue weighted by atomic mass is 35.5. The minimum absolute atomic E-state index is 0. The molecular formula is C17H23ClF2N2O2. The Labute approximate surface area is 146 Å². The number of hydrogen-bond acceptors (Lipinski definition) is 3. The van der Waals surface area contributed by atoms with Crippen molar-refractivity contribution in [3.05, 3.63) is 23.8 Å². The van der Waals surface area contributed by atoms with Crippen LogP contribution >= 0.6 is 12.4 Å². The van der Waals surface area contributed by atoms with E-state index >= 15 is 0 Å². The largest absolute Gasteiger partial charge is 0.434 e. The molecule has 0 aliphatic carbocycles. The number of amides is 1. The van der Waals surface area contributed by atoms with Gasteiger partial charge in [-0.2, -0.15) is 8.78 Å². The number of ether oxygens (including phenoxy) is 1. The Morgan fingerprint density at radius 3 is 2.62 bits per heavy atom. The molecule has 1 aromatic carbocycles. The number of carbonyl (C=O) groups excluding carboxylic acids is 1. The molecular weight excluding hydrogens is 338 g/mol. The van der Waals surface area contributed by atoms with Gasteiger partial charge in [-0.1, -0.05) is 6.07 Å². The van der Waals surface area contributed by atoms with Crippen molar-refractivity contribution in [3.8, 4) is 5.75 Å². The molecule has 1 amide bonds. The van der Waals surface area contributed by atoms with Gasteiger partial charge in [-0.3, -0.25) is 4.79 Å². The third-order valence-corrected chi connectivity index (χ3v) is 4.73. The first-order chi connectivity index (χ1) is 11.0. The number of aryl methyl sites for hydroxylation is 1. The molecule has 134 valence electrons. The van der Waals surface area contributed by atoms with Crippen molar-refractivity contribution >= 4 is 24.0 Å². The predicted molar refractivity (Wildman–Crippen MR) is 91.0 cm³/mol. The number of carbonyl (C=O) groups is 1. The molecule has 2 atom stereocenters. The number of benzene rings is 1. The highest BCUT2D eigenvalue weighted by molar-refractivity contribution is 5.91. The van der Waals surface area contributed by atoms with Crippen molar-refractivity contribution in [1.29, 1.82) is 0 Å². The first-order valence-corrected chi connectivity index (χ1v) is 8.11. The van der Waals surface area contributed by atoms with Crippen LogP contribution in [0.1, 0.15) is 37.7 Å². The summed E-state index contributed by atoms with van der Waals surface area (Å²) < 4.78 is 29.2. The molecule has 2 N–H and O–H groups in total. The number of rotatable bonds is 5. The van der Waals surface area contributed by atoms with E-state index in [0.29, 0.717) is 35.7 Å². The molecule has 0 spiro atoms.